The lowest BCUT2D eigenvalue weighted by atomic mass is 9.89. The maximum atomic E-state index is 5.95. The molecule has 1 aromatic rings. The average Bonchev–Trinajstić information content (AvgIpc) is 2.92. The highest BCUT2D eigenvalue weighted by molar-refractivity contribution is 7.11. The number of hydrogen-bond donors (Lipinski definition) is 1. The molecule has 0 bridgehead atoms. The van der Waals surface area contributed by atoms with E-state index >= 15 is 0 Å². The van der Waals surface area contributed by atoms with Gasteiger partial charge >= 0.3 is 0 Å². The van der Waals surface area contributed by atoms with Gasteiger partial charge < -0.3 is 14.8 Å². The minimum absolute atomic E-state index is 0.0766. The number of ether oxygens (including phenoxy) is 2. The van der Waals surface area contributed by atoms with Gasteiger partial charge in [-0.05, 0) is 25.9 Å². The van der Waals surface area contributed by atoms with Crippen LogP contribution in [0.4, 0.5) is 0 Å². The topological polar surface area (TPSA) is 43.4 Å². The number of thiazole rings is 1. The quantitative estimate of drug-likeness (QED) is 0.849. The lowest BCUT2D eigenvalue weighted by Gasteiger charge is -2.32. The maximum absolute atomic E-state index is 5.95. The molecule has 1 N–H and O–H groups in total. The van der Waals surface area contributed by atoms with Gasteiger partial charge in [-0.25, -0.2) is 4.98 Å². The summed E-state index contributed by atoms with van der Waals surface area (Å²) in [6.45, 7) is 2.83. The highest BCUT2D eigenvalue weighted by Gasteiger charge is 2.42. The van der Waals surface area contributed by atoms with Crippen molar-refractivity contribution in [1.82, 2.24) is 10.3 Å². The predicted octanol–water partition coefficient (Wildman–Crippen LogP) is 1.43. The highest BCUT2D eigenvalue weighted by Crippen LogP contribution is 2.35. The van der Waals surface area contributed by atoms with E-state index in [1.807, 2.05) is 5.38 Å². The first-order valence-corrected chi connectivity index (χ1v) is 6.65. The van der Waals surface area contributed by atoms with E-state index in [4.69, 9.17) is 9.47 Å². The Balaban J connectivity index is 1.60. The molecule has 2 aliphatic heterocycles. The third-order valence-electron chi connectivity index (χ3n) is 3.37. The molecule has 0 aliphatic carbocycles. The second-order valence-electron chi connectivity index (χ2n) is 4.49. The van der Waals surface area contributed by atoms with Gasteiger partial charge in [0.15, 0.2) is 0 Å². The summed E-state index contributed by atoms with van der Waals surface area (Å²) in [4.78, 5) is 4.14. The second-order valence-corrected chi connectivity index (χ2v) is 5.34. The first-order chi connectivity index (χ1) is 7.86. The summed E-state index contributed by atoms with van der Waals surface area (Å²) in [5.41, 5.74) is 0.0766. The van der Waals surface area contributed by atoms with Gasteiger partial charge in [-0.3, -0.25) is 0 Å². The molecule has 2 fully saturated rings. The van der Waals surface area contributed by atoms with Gasteiger partial charge in [0.05, 0.1) is 12.2 Å². The monoisotopic (exact) mass is 240 g/mol. The van der Waals surface area contributed by atoms with Crippen LogP contribution in [-0.4, -0.2) is 36.4 Å². The standard InChI is InChI=1S/C11H16N2O2S/c1-3-12-4-2-11(1)7-9(8-14-11)15-10-13-5-6-16-10/h5-6,9,12H,1-4,7-8H2. The molecule has 2 aliphatic rings. The molecule has 5 heteroatoms. The van der Waals surface area contributed by atoms with Crippen LogP contribution < -0.4 is 10.1 Å². The zero-order valence-corrected chi connectivity index (χ0v) is 9.96. The van der Waals surface area contributed by atoms with Crippen LogP contribution in [-0.2, 0) is 4.74 Å². The lowest BCUT2D eigenvalue weighted by molar-refractivity contribution is -0.0205. The van der Waals surface area contributed by atoms with Crippen molar-refractivity contribution in [2.45, 2.75) is 31.0 Å². The predicted molar refractivity (Wildman–Crippen MR) is 61.9 cm³/mol. The van der Waals surface area contributed by atoms with E-state index in [1.54, 1.807) is 17.5 Å². The van der Waals surface area contributed by atoms with Crippen molar-refractivity contribution in [2.75, 3.05) is 19.7 Å². The SMILES string of the molecule is c1csc(OC2COC3(CCNCC3)C2)n1. The van der Waals surface area contributed by atoms with Crippen molar-refractivity contribution >= 4 is 11.3 Å². The molecule has 16 heavy (non-hydrogen) atoms. The van der Waals surface area contributed by atoms with Crippen molar-refractivity contribution in [2.24, 2.45) is 0 Å². The summed E-state index contributed by atoms with van der Waals surface area (Å²) in [6.07, 6.45) is 5.17. The van der Waals surface area contributed by atoms with Crippen LogP contribution in [0.2, 0.25) is 0 Å². The fourth-order valence-electron chi connectivity index (χ4n) is 2.52. The van der Waals surface area contributed by atoms with E-state index in [-0.39, 0.29) is 11.7 Å². The van der Waals surface area contributed by atoms with Gasteiger partial charge in [-0.15, -0.1) is 0 Å². The molecule has 0 amide bonds. The molecule has 3 heterocycles. The molecule has 0 radical (unpaired) electrons. The first-order valence-electron chi connectivity index (χ1n) is 5.77. The Morgan fingerprint density at radius 1 is 1.50 bits per heavy atom. The van der Waals surface area contributed by atoms with Crippen LogP contribution >= 0.6 is 11.3 Å². The Hall–Kier alpha value is -0.650. The largest absolute Gasteiger partial charge is 0.464 e. The molecule has 4 nitrogen and oxygen atoms in total. The number of nitrogens with zero attached hydrogens (tertiary/aromatic N) is 1. The van der Waals surface area contributed by atoms with Gasteiger partial charge in [-0.2, -0.15) is 0 Å². The van der Waals surface area contributed by atoms with E-state index in [0.717, 1.165) is 37.5 Å². The minimum Gasteiger partial charge on any atom is -0.464 e. The lowest BCUT2D eigenvalue weighted by Crippen LogP contribution is -2.41. The molecule has 1 spiro atoms. The van der Waals surface area contributed by atoms with Gasteiger partial charge in [0, 0.05) is 18.0 Å². The molecule has 1 atom stereocenters. The first kappa shape index (κ1) is 10.5. The van der Waals surface area contributed by atoms with Crippen LogP contribution in [0.3, 0.4) is 0 Å². The Morgan fingerprint density at radius 2 is 2.38 bits per heavy atom. The van der Waals surface area contributed by atoms with E-state index in [0.29, 0.717) is 6.61 Å². The molecule has 0 saturated carbocycles. The third-order valence-corrected chi connectivity index (χ3v) is 4.03. The fourth-order valence-corrected chi connectivity index (χ4v) is 3.07. The normalized spacial score (nSPS) is 28.4. The molecule has 88 valence electrons. The van der Waals surface area contributed by atoms with Crippen molar-refractivity contribution in [1.29, 1.82) is 0 Å². The smallest absolute Gasteiger partial charge is 0.273 e. The zero-order chi connectivity index (χ0) is 10.8. The molecule has 1 unspecified atom stereocenters. The second kappa shape index (κ2) is 4.31. The van der Waals surface area contributed by atoms with Crippen LogP contribution in [0.1, 0.15) is 19.3 Å². The summed E-state index contributed by atoms with van der Waals surface area (Å²) in [5.74, 6) is 0. The Bertz CT molecular complexity index is 336. The number of nitrogens with one attached hydrogen (secondary N) is 1. The summed E-state index contributed by atoms with van der Waals surface area (Å²) in [7, 11) is 0. The van der Waals surface area contributed by atoms with E-state index in [2.05, 4.69) is 10.3 Å². The van der Waals surface area contributed by atoms with Crippen LogP contribution in [0, 0.1) is 0 Å². The van der Waals surface area contributed by atoms with Gasteiger partial charge in [0.2, 0.25) is 0 Å². The summed E-state index contributed by atoms with van der Waals surface area (Å²) in [6, 6.07) is 0. The van der Waals surface area contributed by atoms with Gasteiger partial charge in [0.25, 0.3) is 5.19 Å². The number of aromatic nitrogens is 1. The highest BCUT2D eigenvalue weighted by atomic mass is 32.1. The average molecular weight is 240 g/mol. The summed E-state index contributed by atoms with van der Waals surface area (Å²) < 4.78 is 11.8. The number of rotatable bonds is 2. The molecule has 2 saturated heterocycles. The Labute approximate surface area is 99.0 Å². The Kier molecular flexibility index (Phi) is 2.83. The fraction of sp³-hybridized carbons (Fsp3) is 0.727. The number of piperidine rings is 1. The number of hydrogen-bond acceptors (Lipinski definition) is 5. The van der Waals surface area contributed by atoms with Gasteiger partial charge in [0.1, 0.15) is 6.10 Å². The van der Waals surface area contributed by atoms with E-state index in [9.17, 15) is 0 Å². The third kappa shape index (κ3) is 2.07. The molecular formula is C11H16N2O2S. The van der Waals surface area contributed by atoms with Crippen molar-refractivity contribution < 1.29 is 9.47 Å². The maximum Gasteiger partial charge on any atom is 0.273 e. The van der Waals surface area contributed by atoms with Crippen LogP contribution in [0.25, 0.3) is 0 Å². The minimum atomic E-state index is 0.0766. The van der Waals surface area contributed by atoms with Crippen LogP contribution in [0.15, 0.2) is 11.6 Å². The zero-order valence-electron chi connectivity index (χ0n) is 9.15. The molecule has 3 rings (SSSR count). The summed E-state index contributed by atoms with van der Waals surface area (Å²) >= 11 is 1.54. The van der Waals surface area contributed by atoms with Crippen LogP contribution in [0.5, 0.6) is 5.19 Å². The van der Waals surface area contributed by atoms with Crippen molar-refractivity contribution in [3.05, 3.63) is 11.6 Å². The summed E-state index contributed by atoms with van der Waals surface area (Å²) in [5, 5.41) is 6.06. The molecule has 1 aromatic heterocycles. The molecular weight excluding hydrogens is 224 g/mol. The van der Waals surface area contributed by atoms with Gasteiger partial charge in [-0.1, -0.05) is 11.3 Å². The van der Waals surface area contributed by atoms with E-state index in [1.165, 1.54) is 0 Å². The van der Waals surface area contributed by atoms with Crippen molar-refractivity contribution in [3.8, 4) is 5.19 Å². The van der Waals surface area contributed by atoms with E-state index < -0.39 is 0 Å². The molecule has 0 aromatic carbocycles. The van der Waals surface area contributed by atoms with Crippen molar-refractivity contribution in [3.63, 3.8) is 0 Å². The Morgan fingerprint density at radius 3 is 3.12 bits per heavy atom.